The molecule has 1 heterocycles. The van der Waals surface area contributed by atoms with Gasteiger partial charge in [-0.25, -0.2) is 9.37 Å². The first-order chi connectivity index (χ1) is 9.60. The number of ether oxygens (including phenoxy) is 1. The highest BCUT2D eigenvalue weighted by atomic mass is 19.1. The maximum Gasteiger partial charge on any atom is 0.233 e. The number of oxazole rings is 1. The molecule has 0 aliphatic heterocycles. The van der Waals surface area contributed by atoms with Crippen LogP contribution in [0.4, 0.5) is 15.8 Å². The monoisotopic (exact) mass is 273 g/mol. The quantitative estimate of drug-likeness (QED) is 0.701. The van der Waals surface area contributed by atoms with Gasteiger partial charge in [-0.2, -0.15) is 0 Å². The van der Waals surface area contributed by atoms with E-state index in [0.29, 0.717) is 33.8 Å². The van der Waals surface area contributed by atoms with Gasteiger partial charge in [-0.15, -0.1) is 0 Å². The van der Waals surface area contributed by atoms with Gasteiger partial charge in [0.15, 0.2) is 11.3 Å². The first-order valence-electron chi connectivity index (χ1n) is 5.88. The highest BCUT2D eigenvalue weighted by molar-refractivity contribution is 5.86. The van der Waals surface area contributed by atoms with Crippen molar-refractivity contribution in [1.82, 2.24) is 4.98 Å². The predicted molar refractivity (Wildman–Crippen MR) is 74.8 cm³/mol. The van der Waals surface area contributed by atoms with Crippen molar-refractivity contribution in [2.24, 2.45) is 0 Å². The van der Waals surface area contributed by atoms with E-state index in [2.05, 4.69) is 4.98 Å². The number of fused-ring (bicyclic) bond motifs is 1. The van der Waals surface area contributed by atoms with Crippen LogP contribution in [0.3, 0.4) is 0 Å². The second kappa shape index (κ2) is 4.41. The van der Waals surface area contributed by atoms with Crippen LogP contribution in [-0.2, 0) is 0 Å². The lowest BCUT2D eigenvalue weighted by atomic mass is 10.1. The third kappa shape index (κ3) is 1.82. The summed E-state index contributed by atoms with van der Waals surface area (Å²) in [5.74, 6) is 0.233. The van der Waals surface area contributed by atoms with Crippen molar-refractivity contribution in [2.45, 2.75) is 0 Å². The Bertz CT molecular complexity index is 798. The van der Waals surface area contributed by atoms with E-state index >= 15 is 0 Å². The molecule has 2 aromatic carbocycles. The molecule has 5 nitrogen and oxygen atoms in total. The molecule has 4 N–H and O–H groups in total. The minimum atomic E-state index is -0.396. The fraction of sp³-hybridized carbons (Fsp3) is 0.0714. The molecule has 0 saturated heterocycles. The molecule has 102 valence electrons. The van der Waals surface area contributed by atoms with Gasteiger partial charge >= 0.3 is 0 Å². The van der Waals surface area contributed by atoms with Crippen molar-refractivity contribution in [1.29, 1.82) is 0 Å². The van der Waals surface area contributed by atoms with E-state index in [1.165, 1.54) is 25.3 Å². The Morgan fingerprint density at radius 3 is 2.65 bits per heavy atom. The van der Waals surface area contributed by atoms with E-state index < -0.39 is 5.82 Å². The van der Waals surface area contributed by atoms with Gasteiger partial charge in [0.25, 0.3) is 0 Å². The average Bonchev–Trinajstić information content (AvgIpc) is 2.83. The SMILES string of the molecule is COc1c(N)ccc(N)c1-c1nc2ccc(F)cc2o1. The summed E-state index contributed by atoms with van der Waals surface area (Å²) in [6.45, 7) is 0. The minimum absolute atomic E-state index is 0.243. The van der Waals surface area contributed by atoms with Crippen molar-refractivity contribution >= 4 is 22.5 Å². The van der Waals surface area contributed by atoms with Crippen LogP contribution in [0, 0.1) is 5.82 Å². The highest BCUT2D eigenvalue weighted by Gasteiger charge is 2.18. The summed E-state index contributed by atoms with van der Waals surface area (Å²) in [6.07, 6.45) is 0. The zero-order chi connectivity index (χ0) is 14.3. The standard InChI is InChI=1S/C14H12FN3O2/c1-19-13-9(17)4-3-8(16)12(13)14-18-10-5-2-7(15)6-11(10)20-14/h2-6H,16-17H2,1H3. The van der Waals surface area contributed by atoms with Crippen LogP contribution >= 0.6 is 0 Å². The van der Waals surface area contributed by atoms with Crippen LogP contribution in [0.15, 0.2) is 34.7 Å². The van der Waals surface area contributed by atoms with Gasteiger partial charge < -0.3 is 20.6 Å². The lowest BCUT2D eigenvalue weighted by molar-refractivity contribution is 0.417. The number of halogens is 1. The number of hydrogen-bond acceptors (Lipinski definition) is 5. The molecule has 0 unspecified atom stereocenters. The van der Waals surface area contributed by atoms with Crippen LogP contribution in [-0.4, -0.2) is 12.1 Å². The van der Waals surface area contributed by atoms with Gasteiger partial charge in [0.05, 0.1) is 12.8 Å². The molecule has 0 fully saturated rings. The lowest BCUT2D eigenvalue weighted by Crippen LogP contribution is -1.99. The normalized spacial score (nSPS) is 10.9. The minimum Gasteiger partial charge on any atom is -0.494 e. The molecule has 0 aliphatic rings. The molecule has 3 rings (SSSR count). The highest BCUT2D eigenvalue weighted by Crippen LogP contribution is 2.40. The number of anilines is 2. The number of methoxy groups -OCH3 is 1. The molecule has 20 heavy (non-hydrogen) atoms. The largest absolute Gasteiger partial charge is 0.494 e. The van der Waals surface area contributed by atoms with E-state index in [-0.39, 0.29) is 5.89 Å². The third-order valence-corrected chi connectivity index (χ3v) is 2.99. The first-order valence-corrected chi connectivity index (χ1v) is 5.88. The number of nitrogens with zero attached hydrogens (tertiary/aromatic N) is 1. The van der Waals surface area contributed by atoms with E-state index in [1.807, 2.05) is 0 Å². The number of benzene rings is 2. The molecule has 1 aromatic heterocycles. The van der Waals surface area contributed by atoms with Crippen molar-refractivity contribution in [3.63, 3.8) is 0 Å². The molecule has 0 saturated carbocycles. The Morgan fingerprint density at radius 2 is 1.90 bits per heavy atom. The zero-order valence-electron chi connectivity index (χ0n) is 10.7. The summed E-state index contributed by atoms with van der Waals surface area (Å²) in [7, 11) is 1.48. The predicted octanol–water partition coefficient (Wildman–Crippen LogP) is 2.81. The summed E-state index contributed by atoms with van der Waals surface area (Å²) in [5, 5.41) is 0. The van der Waals surface area contributed by atoms with Gasteiger partial charge in [-0.05, 0) is 24.3 Å². The molecule has 0 radical (unpaired) electrons. The Labute approximate surface area is 114 Å². The number of hydrogen-bond donors (Lipinski definition) is 2. The maximum atomic E-state index is 13.2. The van der Waals surface area contributed by atoms with Crippen molar-refractivity contribution in [3.8, 4) is 17.2 Å². The van der Waals surface area contributed by atoms with Crippen molar-refractivity contribution in [2.75, 3.05) is 18.6 Å². The van der Waals surface area contributed by atoms with E-state index in [4.69, 9.17) is 20.6 Å². The number of nitrogen functional groups attached to an aromatic ring is 2. The Morgan fingerprint density at radius 1 is 1.15 bits per heavy atom. The van der Waals surface area contributed by atoms with Gasteiger partial charge in [-0.1, -0.05) is 0 Å². The Kier molecular flexibility index (Phi) is 2.71. The molecular formula is C14H12FN3O2. The third-order valence-electron chi connectivity index (χ3n) is 2.99. The topological polar surface area (TPSA) is 87.3 Å². The summed E-state index contributed by atoms with van der Waals surface area (Å²) < 4.78 is 24.0. The first kappa shape index (κ1) is 12.3. The second-order valence-corrected chi connectivity index (χ2v) is 4.28. The molecule has 0 atom stereocenters. The van der Waals surface area contributed by atoms with Crippen molar-refractivity contribution in [3.05, 3.63) is 36.1 Å². The van der Waals surface area contributed by atoms with Crippen molar-refractivity contribution < 1.29 is 13.5 Å². The smallest absolute Gasteiger partial charge is 0.233 e. The molecule has 6 heteroatoms. The van der Waals surface area contributed by atoms with E-state index in [1.54, 1.807) is 12.1 Å². The van der Waals surface area contributed by atoms with Gasteiger partial charge in [0.1, 0.15) is 16.9 Å². The van der Waals surface area contributed by atoms with Crippen LogP contribution in [0.25, 0.3) is 22.6 Å². The van der Waals surface area contributed by atoms with Crippen LogP contribution in [0.1, 0.15) is 0 Å². The Balaban J connectivity index is 2.27. The number of aromatic nitrogens is 1. The van der Waals surface area contributed by atoms with Gasteiger partial charge in [0, 0.05) is 11.8 Å². The molecule has 0 aliphatic carbocycles. The maximum absolute atomic E-state index is 13.2. The fourth-order valence-corrected chi connectivity index (χ4v) is 2.06. The average molecular weight is 273 g/mol. The molecular weight excluding hydrogens is 261 g/mol. The van der Waals surface area contributed by atoms with E-state index in [0.717, 1.165) is 0 Å². The molecule has 0 bridgehead atoms. The van der Waals surface area contributed by atoms with Gasteiger partial charge in [-0.3, -0.25) is 0 Å². The molecule has 3 aromatic rings. The Hall–Kier alpha value is -2.76. The molecule has 0 amide bonds. The van der Waals surface area contributed by atoms with Crippen LogP contribution in [0.5, 0.6) is 5.75 Å². The number of nitrogens with two attached hydrogens (primary N) is 2. The summed E-state index contributed by atoms with van der Waals surface area (Å²) >= 11 is 0. The second-order valence-electron chi connectivity index (χ2n) is 4.28. The lowest BCUT2D eigenvalue weighted by Gasteiger charge is -2.10. The summed E-state index contributed by atoms with van der Waals surface area (Å²) in [4.78, 5) is 4.29. The summed E-state index contributed by atoms with van der Waals surface area (Å²) in [6, 6.07) is 7.39. The number of rotatable bonds is 2. The van der Waals surface area contributed by atoms with Crippen LogP contribution in [0.2, 0.25) is 0 Å². The van der Waals surface area contributed by atoms with E-state index in [9.17, 15) is 4.39 Å². The summed E-state index contributed by atoms with van der Waals surface area (Å²) in [5.41, 5.74) is 14.0. The fourth-order valence-electron chi connectivity index (χ4n) is 2.06. The van der Waals surface area contributed by atoms with Crippen LogP contribution < -0.4 is 16.2 Å². The molecule has 0 spiro atoms. The zero-order valence-corrected chi connectivity index (χ0v) is 10.7. The van der Waals surface area contributed by atoms with Gasteiger partial charge in [0.2, 0.25) is 5.89 Å².